The topological polar surface area (TPSA) is 65.8 Å². The first-order chi connectivity index (χ1) is 11.0. The van der Waals surface area contributed by atoms with Crippen LogP contribution in [0.1, 0.15) is 29.8 Å². The zero-order chi connectivity index (χ0) is 16.6. The van der Waals surface area contributed by atoms with Gasteiger partial charge in [-0.2, -0.15) is 5.10 Å². The van der Waals surface area contributed by atoms with E-state index >= 15 is 0 Å². The molecule has 1 aliphatic heterocycles. The van der Waals surface area contributed by atoms with Gasteiger partial charge in [-0.3, -0.25) is 14.5 Å². The molecule has 2 aliphatic rings. The van der Waals surface area contributed by atoms with Gasteiger partial charge in [-0.15, -0.1) is 24.0 Å². The van der Waals surface area contributed by atoms with E-state index in [4.69, 9.17) is 0 Å². The molecule has 7 nitrogen and oxygen atoms in total. The highest BCUT2D eigenvalue weighted by Gasteiger charge is 2.36. The van der Waals surface area contributed by atoms with Gasteiger partial charge < -0.3 is 15.1 Å². The van der Waals surface area contributed by atoms with E-state index in [-0.39, 0.29) is 29.9 Å². The molecule has 1 aliphatic carbocycles. The monoisotopic (exact) mass is 446 g/mol. The third-order valence-corrected chi connectivity index (χ3v) is 4.84. The van der Waals surface area contributed by atoms with Gasteiger partial charge in [0.1, 0.15) is 0 Å². The summed E-state index contributed by atoms with van der Waals surface area (Å²) in [5, 5.41) is 7.82. The van der Waals surface area contributed by atoms with E-state index in [1.165, 1.54) is 5.56 Å². The van der Waals surface area contributed by atoms with Crippen LogP contribution < -0.4 is 5.32 Å². The lowest BCUT2D eigenvalue weighted by Gasteiger charge is -2.36. The lowest BCUT2D eigenvalue weighted by atomic mass is 10.2. The van der Waals surface area contributed by atoms with Gasteiger partial charge in [-0.1, -0.05) is 0 Å². The van der Waals surface area contributed by atoms with Crippen molar-refractivity contribution in [2.24, 2.45) is 12.0 Å². The summed E-state index contributed by atoms with van der Waals surface area (Å²) >= 11 is 0. The molecule has 0 spiro atoms. The second-order valence-electron chi connectivity index (χ2n) is 6.41. The molecular formula is C16H27IN6O. The molecule has 1 amide bonds. The Balaban J connectivity index is 0.00000208. The Labute approximate surface area is 160 Å². The number of hydrogen-bond acceptors (Lipinski definition) is 3. The second-order valence-corrected chi connectivity index (χ2v) is 6.41. The quantitative estimate of drug-likeness (QED) is 0.428. The molecule has 2 fully saturated rings. The van der Waals surface area contributed by atoms with Gasteiger partial charge in [-0.05, 0) is 26.7 Å². The Hall–Kier alpha value is -1.32. The van der Waals surface area contributed by atoms with Crippen LogP contribution in [0.25, 0.3) is 0 Å². The van der Waals surface area contributed by atoms with Crippen LogP contribution in [-0.2, 0) is 18.4 Å². The third kappa shape index (κ3) is 3.84. The van der Waals surface area contributed by atoms with Gasteiger partial charge in [0.25, 0.3) is 0 Å². The number of nitrogens with zero attached hydrogens (tertiary/aromatic N) is 5. The summed E-state index contributed by atoms with van der Waals surface area (Å²) in [6.07, 6.45) is 2.33. The van der Waals surface area contributed by atoms with Crippen LogP contribution in [0.3, 0.4) is 0 Å². The first-order valence-electron chi connectivity index (χ1n) is 8.25. The summed E-state index contributed by atoms with van der Waals surface area (Å²) in [7, 11) is 3.72. The number of hydrogen-bond donors (Lipinski definition) is 1. The number of nitrogens with one attached hydrogen (secondary N) is 1. The average Bonchev–Trinajstić information content (AvgIpc) is 3.31. The maximum absolute atomic E-state index is 12.3. The van der Waals surface area contributed by atoms with Crippen LogP contribution in [0, 0.1) is 13.8 Å². The summed E-state index contributed by atoms with van der Waals surface area (Å²) in [5.41, 5.74) is 3.37. The number of halogens is 1. The van der Waals surface area contributed by atoms with Gasteiger partial charge in [0.05, 0.1) is 12.2 Å². The van der Waals surface area contributed by atoms with Crippen molar-refractivity contribution in [3.05, 3.63) is 17.0 Å². The largest absolute Gasteiger partial charge is 0.352 e. The molecule has 0 atom stereocenters. The molecule has 8 heteroatoms. The minimum absolute atomic E-state index is 0. The number of carbonyl (C=O) groups is 1. The molecule has 1 saturated carbocycles. The van der Waals surface area contributed by atoms with Crippen molar-refractivity contribution < 1.29 is 4.79 Å². The van der Waals surface area contributed by atoms with Gasteiger partial charge in [0.15, 0.2) is 5.96 Å². The van der Waals surface area contributed by atoms with E-state index in [0.717, 1.165) is 43.3 Å². The summed E-state index contributed by atoms with van der Waals surface area (Å²) in [6.45, 7) is 6.82. The standard InChI is InChI=1S/C16H26N6O.HI/c1-11-14(12(2)20(4)19-11)9-18-16(17-3)21-7-8-22(13-5-6-13)15(23)10-21;/h13H,5-10H2,1-4H3,(H,17,18);1H. The van der Waals surface area contributed by atoms with E-state index in [9.17, 15) is 4.79 Å². The molecule has 2 heterocycles. The van der Waals surface area contributed by atoms with Crippen LogP contribution in [0.15, 0.2) is 4.99 Å². The molecule has 0 radical (unpaired) electrons. The Morgan fingerprint density at radius 2 is 2.04 bits per heavy atom. The number of aryl methyl sites for hydroxylation is 2. The van der Waals surface area contributed by atoms with E-state index in [1.807, 2.05) is 28.5 Å². The summed E-state index contributed by atoms with van der Waals surface area (Å²) in [4.78, 5) is 20.7. The number of amides is 1. The third-order valence-electron chi connectivity index (χ3n) is 4.84. The zero-order valence-corrected chi connectivity index (χ0v) is 17.2. The lowest BCUT2D eigenvalue weighted by Crippen LogP contribution is -2.55. The highest BCUT2D eigenvalue weighted by molar-refractivity contribution is 14.0. The van der Waals surface area contributed by atoms with Gasteiger partial charge in [0.2, 0.25) is 5.91 Å². The van der Waals surface area contributed by atoms with Crippen molar-refractivity contribution in [3.63, 3.8) is 0 Å². The minimum atomic E-state index is 0. The fraction of sp³-hybridized carbons (Fsp3) is 0.688. The fourth-order valence-corrected chi connectivity index (χ4v) is 3.21. The summed E-state index contributed by atoms with van der Waals surface area (Å²) in [6, 6.07) is 0.500. The average molecular weight is 446 g/mol. The minimum Gasteiger partial charge on any atom is -0.352 e. The number of aromatic nitrogens is 2. The van der Waals surface area contributed by atoms with Crippen LogP contribution in [-0.4, -0.2) is 64.2 Å². The summed E-state index contributed by atoms with van der Waals surface area (Å²) < 4.78 is 1.90. The summed E-state index contributed by atoms with van der Waals surface area (Å²) in [5.74, 6) is 1.01. The van der Waals surface area contributed by atoms with Crippen molar-refractivity contribution in [1.82, 2.24) is 24.9 Å². The molecule has 0 unspecified atom stereocenters. The highest BCUT2D eigenvalue weighted by Crippen LogP contribution is 2.28. The van der Waals surface area contributed by atoms with Crippen LogP contribution in [0.4, 0.5) is 0 Å². The van der Waals surface area contributed by atoms with Crippen molar-refractivity contribution >= 4 is 35.8 Å². The Morgan fingerprint density at radius 3 is 2.54 bits per heavy atom. The smallest absolute Gasteiger partial charge is 0.242 e. The molecule has 24 heavy (non-hydrogen) atoms. The Bertz CT molecular complexity index is 637. The first kappa shape index (κ1) is 19.0. The van der Waals surface area contributed by atoms with Gasteiger partial charge >= 0.3 is 0 Å². The van der Waals surface area contributed by atoms with E-state index < -0.39 is 0 Å². The number of aliphatic imine (C=N–C) groups is 1. The van der Waals surface area contributed by atoms with E-state index in [1.54, 1.807) is 7.05 Å². The SMILES string of the molecule is CN=C(NCc1c(C)nn(C)c1C)N1CCN(C2CC2)C(=O)C1.I. The maximum atomic E-state index is 12.3. The number of piperazine rings is 1. The maximum Gasteiger partial charge on any atom is 0.242 e. The van der Waals surface area contributed by atoms with Crippen LogP contribution >= 0.6 is 24.0 Å². The lowest BCUT2D eigenvalue weighted by molar-refractivity contribution is -0.135. The molecule has 134 valence electrons. The Morgan fingerprint density at radius 1 is 1.33 bits per heavy atom. The number of guanidine groups is 1. The number of carbonyl (C=O) groups excluding carboxylic acids is 1. The van der Waals surface area contributed by atoms with E-state index in [0.29, 0.717) is 19.1 Å². The van der Waals surface area contributed by atoms with E-state index in [2.05, 4.69) is 22.3 Å². The van der Waals surface area contributed by atoms with Crippen molar-refractivity contribution in [2.75, 3.05) is 26.7 Å². The fourth-order valence-electron chi connectivity index (χ4n) is 3.21. The zero-order valence-electron chi connectivity index (χ0n) is 14.9. The van der Waals surface area contributed by atoms with Crippen molar-refractivity contribution in [1.29, 1.82) is 0 Å². The van der Waals surface area contributed by atoms with Gasteiger partial charge in [0, 0.05) is 51.0 Å². The van der Waals surface area contributed by atoms with Crippen LogP contribution in [0.5, 0.6) is 0 Å². The van der Waals surface area contributed by atoms with Crippen molar-refractivity contribution in [3.8, 4) is 0 Å². The molecule has 1 saturated heterocycles. The van der Waals surface area contributed by atoms with Gasteiger partial charge in [-0.25, -0.2) is 0 Å². The Kier molecular flexibility index (Phi) is 6.11. The molecular weight excluding hydrogens is 419 g/mol. The molecule has 1 aromatic rings. The highest BCUT2D eigenvalue weighted by atomic mass is 127. The predicted molar refractivity (Wildman–Crippen MR) is 105 cm³/mol. The van der Waals surface area contributed by atoms with Crippen LogP contribution in [0.2, 0.25) is 0 Å². The number of rotatable bonds is 3. The normalized spacial score (nSPS) is 18.7. The molecule has 0 bridgehead atoms. The molecule has 1 aromatic heterocycles. The molecule has 1 N–H and O–H groups in total. The molecule has 3 rings (SSSR count). The first-order valence-corrected chi connectivity index (χ1v) is 8.25. The van der Waals surface area contributed by atoms with Crippen molar-refractivity contribution in [2.45, 2.75) is 39.3 Å². The second kappa shape index (κ2) is 7.71. The molecule has 0 aromatic carbocycles. The predicted octanol–water partition coefficient (Wildman–Crippen LogP) is 1.04.